The molecule has 8 nitrogen and oxygen atoms in total. The summed E-state index contributed by atoms with van der Waals surface area (Å²) in [5, 5.41) is 20.8. The van der Waals surface area contributed by atoms with Crippen molar-refractivity contribution in [2.75, 3.05) is 18.4 Å². The van der Waals surface area contributed by atoms with Crippen molar-refractivity contribution in [2.24, 2.45) is 0 Å². The maximum absolute atomic E-state index is 11.2. The smallest absolute Gasteiger partial charge is 0.221 e. The van der Waals surface area contributed by atoms with E-state index in [0.717, 1.165) is 0 Å². The topological polar surface area (TPSA) is 97.1 Å². The number of anilines is 1. The second-order valence-corrected chi connectivity index (χ2v) is 3.38. The van der Waals surface area contributed by atoms with Crippen LogP contribution in [0.3, 0.4) is 0 Å². The van der Waals surface area contributed by atoms with Crippen molar-refractivity contribution in [2.45, 2.75) is 13.3 Å². The van der Waals surface area contributed by atoms with E-state index < -0.39 is 0 Å². The standard InChI is InChI=1S/C9H13N7O/c1-2-10-9(17)5-6-11-7-3-4-8-12-14-15-16(8)13-7/h3-4H,2,5-6H2,1H3,(H,10,17)(H,11,13). The minimum atomic E-state index is 0.0171. The van der Waals surface area contributed by atoms with E-state index in [9.17, 15) is 4.79 Å². The first kappa shape index (κ1) is 11.2. The molecule has 0 aliphatic carbocycles. The Morgan fingerprint density at radius 3 is 3.18 bits per heavy atom. The molecule has 0 aromatic carbocycles. The van der Waals surface area contributed by atoms with Crippen LogP contribution in [-0.2, 0) is 4.79 Å². The largest absolute Gasteiger partial charge is 0.368 e. The van der Waals surface area contributed by atoms with E-state index >= 15 is 0 Å². The van der Waals surface area contributed by atoms with E-state index in [4.69, 9.17) is 0 Å². The highest BCUT2D eigenvalue weighted by Crippen LogP contribution is 2.02. The molecule has 90 valence electrons. The fourth-order valence-corrected chi connectivity index (χ4v) is 1.33. The van der Waals surface area contributed by atoms with Gasteiger partial charge in [0.05, 0.1) is 0 Å². The van der Waals surface area contributed by atoms with Crippen LogP contribution in [-0.4, -0.2) is 44.3 Å². The number of carbonyl (C=O) groups is 1. The molecule has 0 spiro atoms. The van der Waals surface area contributed by atoms with Gasteiger partial charge in [0.2, 0.25) is 5.91 Å². The Labute approximate surface area is 97.4 Å². The minimum Gasteiger partial charge on any atom is -0.368 e. The summed E-state index contributed by atoms with van der Waals surface area (Å²) in [6.45, 7) is 3.05. The highest BCUT2D eigenvalue weighted by molar-refractivity contribution is 5.76. The zero-order chi connectivity index (χ0) is 12.1. The van der Waals surface area contributed by atoms with Crippen LogP contribution in [0.5, 0.6) is 0 Å². The van der Waals surface area contributed by atoms with Crippen molar-refractivity contribution in [3.8, 4) is 0 Å². The summed E-state index contributed by atoms with van der Waals surface area (Å²) >= 11 is 0. The molecule has 0 unspecified atom stereocenters. The Morgan fingerprint density at radius 2 is 2.35 bits per heavy atom. The minimum absolute atomic E-state index is 0.0171. The molecule has 0 radical (unpaired) electrons. The van der Waals surface area contributed by atoms with Crippen molar-refractivity contribution in [3.05, 3.63) is 12.1 Å². The number of fused-ring (bicyclic) bond motifs is 1. The van der Waals surface area contributed by atoms with E-state index in [0.29, 0.717) is 31.0 Å². The third kappa shape index (κ3) is 2.86. The SMILES string of the molecule is CCNC(=O)CCNc1ccc2nnnn2n1. The lowest BCUT2D eigenvalue weighted by Crippen LogP contribution is -2.24. The van der Waals surface area contributed by atoms with Gasteiger partial charge >= 0.3 is 0 Å². The van der Waals surface area contributed by atoms with Crippen LogP contribution in [0.15, 0.2) is 12.1 Å². The van der Waals surface area contributed by atoms with Crippen molar-refractivity contribution in [1.82, 2.24) is 30.6 Å². The van der Waals surface area contributed by atoms with Crippen molar-refractivity contribution >= 4 is 17.4 Å². The number of amides is 1. The van der Waals surface area contributed by atoms with Gasteiger partial charge in [-0.3, -0.25) is 4.79 Å². The monoisotopic (exact) mass is 235 g/mol. The average Bonchev–Trinajstić information content (AvgIpc) is 2.76. The third-order valence-electron chi connectivity index (χ3n) is 2.10. The van der Waals surface area contributed by atoms with Crippen molar-refractivity contribution in [1.29, 1.82) is 0 Å². The maximum atomic E-state index is 11.2. The molecular formula is C9H13N7O. The van der Waals surface area contributed by atoms with Gasteiger partial charge in [0.25, 0.3) is 0 Å². The van der Waals surface area contributed by atoms with E-state index in [1.165, 1.54) is 4.63 Å². The van der Waals surface area contributed by atoms with Crippen LogP contribution in [0.1, 0.15) is 13.3 Å². The Bertz CT molecular complexity index is 509. The zero-order valence-electron chi connectivity index (χ0n) is 9.42. The number of hydrogen-bond acceptors (Lipinski definition) is 6. The lowest BCUT2D eigenvalue weighted by atomic mass is 10.4. The molecule has 0 saturated carbocycles. The molecule has 2 aromatic rings. The van der Waals surface area contributed by atoms with Gasteiger partial charge in [-0.15, -0.1) is 14.8 Å². The quantitative estimate of drug-likeness (QED) is 0.722. The number of rotatable bonds is 5. The Hall–Kier alpha value is -2.25. The molecule has 0 bridgehead atoms. The molecule has 0 atom stereocenters. The highest BCUT2D eigenvalue weighted by atomic mass is 16.1. The third-order valence-corrected chi connectivity index (χ3v) is 2.10. The molecule has 2 heterocycles. The second-order valence-electron chi connectivity index (χ2n) is 3.38. The Morgan fingerprint density at radius 1 is 1.47 bits per heavy atom. The first-order chi connectivity index (χ1) is 8.29. The number of tetrazole rings is 1. The molecule has 2 aromatic heterocycles. The molecule has 8 heteroatoms. The fourth-order valence-electron chi connectivity index (χ4n) is 1.33. The predicted octanol–water partition coefficient (Wildman–Crippen LogP) is -0.543. The van der Waals surface area contributed by atoms with Crippen molar-refractivity contribution in [3.63, 3.8) is 0 Å². The van der Waals surface area contributed by atoms with Gasteiger partial charge in [-0.05, 0) is 29.5 Å². The second kappa shape index (κ2) is 5.19. The number of nitrogens with one attached hydrogen (secondary N) is 2. The number of nitrogens with zero attached hydrogens (tertiary/aromatic N) is 5. The fraction of sp³-hybridized carbons (Fsp3) is 0.444. The first-order valence-corrected chi connectivity index (χ1v) is 5.35. The summed E-state index contributed by atoms with van der Waals surface area (Å²) in [6.07, 6.45) is 0.406. The summed E-state index contributed by atoms with van der Waals surface area (Å²) in [4.78, 5) is 11.2. The van der Waals surface area contributed by atoms with Gasteiger partial charge in [0.1, 0.15) is 5.82 Å². The molecule has 0 aliphatic heterocycles. The average molecular weight is 235 g/mol. The molecule has 2 N–H and O–H groups in total. The molecule has 0 aliphatic rings. The first-order valence-electron chi connectivity index (χ1n) is 5.35. The van der Waals surface area contributed by atoms with Gasteiger partial charge in [0, 0.05) is 19.5 Å². The van der Waals surface area contributed by atoms with E-state index in [-0.39, 0.29) is 5.91 Å². The zero-order valence-corrected chi connectivity index (χ0v) is 9.42. The van der Waals surface area contributed by atoms with Gasteiger partial charge in [-0.2, -0.15) is 0 Å². The molecule has 0 saturated heterocycles. The van der Waals surface area contributed by atoms with Gasteiger partial charge in [-0.1, -0.05) is 0 Å². The van der Waals surface area contributed by atoms with E-state index in [2.05, 4.69) is 31.3 Å². The van der Waals surface area contributed by atoms with Crippen LogP contribution in [0.25, 0.3) is 5.65 Å². The number of hydrogen-bond donors (Lipinski definition) is 2. The molecule has 2 rings (SSSR count). The van der Waals surface area contributed by atoms with Crippen molar-refractivity contribution < 1.29 is 4.79 Å². The molecular weight excluding hydrogens is 222 g/mol. The van der Waals surface area contributed by atoms with Gasteiger partial charge in [-0.25, -0.2) is 0 Å². The van der Waals surface area contributed by atoms with E-state index in [1.807, 2.05) is 6.92 Å². The molecule has 1 amide bonds. The summed E-state index contributed by atoms with van der Waals surface area (Å²) in [6, 6.07) is 3.52. The van der Waals surface area contributed by atoms with Gasteiger partial charge < -0.3 is 10.6 Å². The van der Waals surface area contributed by atoms with Crippen LogP contribution >= 0.6 is 0 Å². The number of aromatic nitrogens is 5. The van der Waals surface area contributed by atoms with Crippen LogP contribution in [0, 0.1) is 0 Å². The molecule has 17 heavy (non-hydrogen) atoms. The lowest BCUT2D eigenvalue weighted by molar-refractivity contribution is -0.120. The number of carbonyl (C=O) groups excluding carboxylic acids is 1. The van der Waals surface area contributed by atoms with Crippen LogP contribution in [0.4, 0.5) is 5.82 Å². The lowest BCUT2D eigenvalue weighted by Gasteiger charge is -2.04. The maximum Gasteiger partial charge on any atom is 0.221 e. The van der Waals surface area contributed by atoms with Crippen LogP contribution < -0.4 is 10.6 Å². The summed E-state index contributed by atoms with van der Waals surface area (Å²) in [5.74, 6) is 0.651. The van der Waals surface area contributed by atoms with Crippen LogP contribution in [0.2, 0.25) is 0 Å². The summed E-state index contributed by atoms with van der Waals surface area (Å²) in [7, 11) is 0. The molecule has 0 fully saturated rings. The predicted molar refractivity (Wildman–Crippen MR) is 60.4 cm³/mol. The highest BCUT2D eigenvalue weighted by Gasteiger charge is 2.02. The Balaban J connectivity index is 1.88. The van der Waals surface area contributed by atoms with E-state index in [1.54, 1.807) is 12.1 Å². The van der Waals surface area contributed by atoms with Gasteiger partial charge in [0.15, 0.2) is 5.65 Å². The summed E-state index contributed by atoms with van der Waals surface area (Å²) in [5.41, 5.74) is 0.583. The normalized spacial score (nSPS) is 10.4. The summed E-state index contributed by atoms with van der Waals surface area (Å²) < 4.78 is 1.33. The Kier molecular flexibility index (Phi) is 3.43.